The van der Waals surface area contributed by atoms with Gasteiger partial charge in [0.1, 0.15) is 45.3 Å². The summed E-state index contributed by atoms with van der Waals surface area (Å²) in [4.78, 5) is 0. The molecule has 2 aromatic heterocycles. The number of methoxy groups -OCH3 is 4. The quantitative estimate of drug-likeness (QED) is 0.0934. The summed E-state index contributed by atoms with van der Waals surface area (Å²) in [6, 6.07) is 16.2. The minimum atomic E-state index is -1.91. The first-order valence-electron chi connectivity index (χ1n) is 20.7. The number of rotatable bonds is 16. The van der Waals surface area contributed by atoms with Crippen molar-refractivity contribution >= 4 is 60.4 Å². The molecule has 0 fully saturated rings. The van der Waals surface area contributed by atoms with E-state index in [9.17, 15) is 0 Å². The molecule has 6 aromatic rings. The summed E-state index contributed by atoms with van der Waals surface area (Å²) in [5, 5.41) is 3.50. The third kappa shape index (κ3) is 9.12. The third-order valence-corrected chi connectivity index (χ3v) is 14.2. The van der Waals surface area contributed by atoms with Gasteiger partial charge in [0.15, 0.2) is 0 Å². The Morgan fingerprint density at radius 2 is 0.780 bits per heavy atom. The highest BCUT2D eigenvalue weighted by atomic mass is 31.1. The van der Waals surface area contributed by atoms with Crippen molar-refractivity contribution in [3.63, 3.8) is 0 Å². The number of aryl methyl sites for hydroxylation is 2. The topological polar surface area (TPSA) is 108 Å². The van der Waals surface area contributed by atoms with E-state index in [1.54, 1.807) is 28.4 Å². The minimum Gasteiger partial charge on any atom is -0.497 e. The van der Waals surface area contributed by atoms with E-state index in [-0.39, 0.29) is 23.0 Å². The van der Waals surface area contributed by atoms with Crippen LogP contribution in [0.5, 0.6) is 23.0 Å². The van der Waals surface area contributed by atoms with E-state index in [0.29, 0.717) is 6.42 Å². The molecule has 0 aliphatic carbocycles. The first-order valence-corrected chi connectivity index (χ1v) is 22.9. The van der Waals surface area contributed by atoms with Crippen molar-refractivity contribution in [3.8, 4) is 23.0 Å². The van der Waals surface area contributed by atoms with E-state index in [2.05, 4.69) is 67.5 Å². The zero-order valence-electron chi connectivity index (χ0n) is 37.3. The molecule has 0 saturated carbocycles. The molecule has 0 saturated heterocycles. The fourth-order valence-electron chi connectivity index (χ4n) is 7.39. The van der Waals surface area contributed by atoms with Crippen molar-refractivity contribution in [1.29, 1.82) is 0 Å². The van der Waals surface area contributed by atoms with Gasteiger partial charge in [-0.1, -0.05) is 55.4 Å². The molecule has 6 rings (SSSR count). The summed E-state index contributed by atoms with van der Waals surface area (Å²) in [6.45, 7) is 21.4. The highest BCUT2D eigenvalue weighted by molar-refractivity contribution is 7.32. The Labute approximate surface area is 350 Å². The summed E-state index contributed by atoms with van der Waals surface area (Å²) in [7, 11) is 2.93. The van der Waals surface area contributed by atoms with Gasteiger partial charge in [-0.3, -0.25) is 9.05 Å². The smallest absolute Gasteiger partial charge is 0.387 e. The first-order chi connectivity index (χ1) is 28.1. The predicted molar refractivity (Wildman–Crippen MR) is 241 cm³/mol. The number of ether oxygens (including phenoxy) is 4. The molecule has 10 nitrogen and oxygen atoms in total. The molecule has 0 aliphatic rings. The molecule has 59 heavy (non-hydrogen) atoms. The average molecular weight is 849 g/mol. The van der Waals surface area contributed by atoms with E-state index < -0.39 is 16.5 Å². The molecular formula is C47H62O10P2. The fraction of sp³-hybridized carbons (Fsp3) is 0.489. The normalized spacial score (nSPS) is 13.9. The second kappa shape index (κ2) is 18.2. The molecule has 0 bridgehead atoms. The average Bonchev–Trinajstić information content (AvgIpc) is 3.48. The van der Waals surface area contributed by atoms with Crippen molar-refractivity contribution in [2.45, 2.75) is 124 Å². The Kier molecular flexibility index (Phi) is 13.7. The van der Waals surface area contributed by atoms with Crippen LogP contribution in [-0.2, 0) is 23.7 Å². The van der Waals surface area contributed by atoms with Gasteiger partial charge in [-0.25, -0.2) is 0 Å². The lowest BCUT2D eigenvalue weighted by molar-refractivity contribution is 0.184. The van der Waals surface area contributed by atoms with Crippen molar-refractivity contribution in [1.82, 2.24) is 0 Å². The van der Waals surface area contributed by atoms with Crippen molar-refractivity contribution in [3.05, 3.63) is 70.8 Å². The Morgan fingerprint density at radius 3 is 1.08 bits per heavy atom. The lowest BCUT2D eigenvalue weighted by Gasteiger charge is -2.24. The molecule has 0 amide bonds. The van der Waals surface area contributed by atoms with Crippen LogP contribution >= 0.6 is 16.5 Å². The second-order valence-corrected chi connectivity index (χ2v) is 18.5. The summed E-state index contributed by atoms with van der Waals surface area (Å²) in [5.74, 6) is 2.97. The summed E-state index contributed by atoms with van der Waals surface area (Å²) in [5.41, 5.74) is 6.44. The molecule has 0 radical (unpaired) electrons. The molecule has 4 aromatic carbocycles. The maximum atomic E-state index is 6.86. The maximum absolute atomic E-state index is 6.86. The van der Waals surface area contributed by atoms with Crippen LogP contribution in [0.3, 0.4) is 0 Å². The van der Waals surface area contributed by atoms with E-state index >= 15 is 0 Å². The summed E-state index contributed by atoms with van der Waals surface area (Å²) < 4.78 is 63.9. The van der Waals surface area contributed by atoms with Gasteiger partial charge >= 0.3 is 16.5 Å². The first kappa shape index (κ1) is 44.4. The van der Waals surface area contributed by atoms with E-state index in [1.165, 1.54) is 0 Å². The lowest BCUT2D eigenvalue weighted by atomic mass is 9.81. The third-order valence-electron chi connectivity index (χ3n) is 11.8. The largest absolute Gasteiger partial charge is 0.497 e. The molecule has 2 heterocycles. The molecule has 12 heteroatoms. The standard InChI is InChI=1S/C47H62O10P2/c1-15-30-20-32(48-11)22-36-38-24-34(50-13)26-40(46(7,8)17-3)44(38)56-58(54-42(30)36)52-28(5)19-29(6)53-59-55-43-31(16-2)21-33(49-12)23-37(43)39-25-35(51-14)27-41(45(39)57-59)47(9,10)18-4/h20-29H,15-19H2,1-14H3/t28-,29-,58?,59?/m1/s1. The number of fused-ring (bicyclic) bond motifs is 6. The highest BCUT2D eigenvalue weighted by Crippen LogP contribution is 2.46. The highest BCUT2D eigenvalue weighted by Gasteiger charge is 2.28. The van der Waals surface area contributed by atoms with Gasteiger partial charge in [0, 0.05) is 39.1 Å². The van der Waals surface area contributed by atoms with Crippen LogP contribution < -0.4 is 28.0 Å². The Bertz CT molecular complexity index is 2360. The van der Waals surface area contributed by atoms with Crippen LogP contribution in [0.2, 0.25) is 0 Å². The van der Waals surface area contributed by atoms with Gasteiger partial charge in [0.25, 0.3) is 0 Å². The van der Waals surface area contributed by atoms with Gasteiger partial charge in [0.2, 0.25) is 0 Å². The van der Waals surface area contributed by atoms with Crippen molar-refractivity contribution < 1.29 is 44.8 Å². The number of hydrogen-bond donors (Lipinski definition) is 0. The zero-order valence-corrected chi connectivity index (χ0v) is 39.1. The van der Waals surface area contributed by atoms with Crippen LogP contribution in [0.15, 0.2) is 65.3 Å². The Hall–Kier alpha value is -4.20. The van der Waals surface area contributed by atoms with Gasteiger partial charge in [-0.15, -0.1) is 0 Å². The van der Waals surface area contributed by atoms with Crippen LogP contribution in [0, 0.1) is 0 Å². The molecular weight excluding hydrogens is 786 g/mol. The molecule has 320 valence electrons. The van der Waals surface area contributed by atoms with Crippen molar-refractivity contribution in [2.24, 2.45) is 0 Å². The van der Waals surface area contributed by atoms with Crippen LogP contribution in [0.4, 0.5) is 0 Å². The second-order valence-electron chi connectivity index (χ2n) is 16.5. The molecule has 0 N–H and O–H groups in total. The minimum absolute atomic E-state index is 0.233. The van der Waals surface area contributed by atoms with Gasteiger partial charge in [0.05, 0.1) is 40.6 Å². The molecule has 0 aliphatic heterocycles. The fourth-order valence-corrected chi connectivity index (χ4v) is 9.82. The number of hydrogen-bond acceptors (Lipinski definition) is 10. The van der Waals surface area contributed by atoms with Crippen LogP contribution in [0.25, 0.3) is 43.9 Å². The van der Waals surface area contributed by atoms with Crippen molar-refractivity contribution in [2.75, 3.05) is 28.4 Å². The van der Waals surface area contributed by atoms with Gasteiger partial charge in [-0.2, -0.15) is 0 Å². The zero-order chi connectivity index (χ0) is 42.8. The molecule has 0 spiro atoms. The van der Waals surface area contributed by atoms with Gasteiger partial charge < -0.3 is 35.7 Å². The van der Waals surface area contributed by atoms with E-state index in [0.717, 1.165) is 115 Å². The molecule has 4 atom stereocenters. The monoisotopic (exact) mass is 848 g/mol. The lowest BCUT2D eigenvalue weighted by Crippen LogP contribution is -2.21. The SMILES string of the molecule is CCc1cc(OC)cc2c1op(O[C@H](C)C[C@@H](C)Op1oc3c(CC)cc(OC)cc3c3cc(OC)cc(C(C)(C)CC)c3o1)oc1c(C(C)(C)CC)cc(OC)cc12. The summed E-state index contributed by atoms with van der Waals surface area (Å²) in [6.07, 6.45) is 3.06. The predicted octanol–water partition coefficient (Wildman–Crippen LogP) is 14.2. The summed E-state index contributed by atoms with van der Waals surface area (Å²) >= 11 is 0. The van der Waals surface area contributed by atoms with E-state index in [1.807, 2.05) is 50.2 Å². The number of benzene rings is 4. The van der Waals surface area contributed by atoms with Crippen LogP contribution in [0.1, 0.15) is 111 Å². The Balaban J connectivity index is 1.46. The van der Waals surface area contributed by atoms with Crippen LogP contribution in [-0.4, -0.2) is 40.6 Å². The maximum Gasteiger partial charge on any atom is 0.387 e. The van der Waals surface area contributed by atoms with E-state index in [4.69, 9.17) is 44.8 Å². The Morgan fingerprint density at radius 1 is 0.475 bits per heavy atom. The van der Waals surface area contributed by atoms with Gasteiger partial charge in [-0.05, 0) is 110 Å². The molecule has 2 unspecified atom stereocenters.